The molecule has 0 saturated heterocycles. The molecule has 0 spiro atoms. The maximum atomic E-state index is 2.24. The Morgan fingerprint density at radius 3 is 0.712 bits per heavy atom. The molecule has 0 bridgehead atoms. The minimum absolute atomic E-state index is 1.09. The summed E-state index contributed by atoms with van der Waals surface area (Å²) in [7, 11) is 0. The molecule has 0 aliphatic carbocycles. The topological polar surface area (TPSA) is 0 Å². The van der Waals surface area contributed by atoms with E-state index in [4.69, 9.17) is 0 Å². The molecule has 7 aromatic rings. The first-order chi connectivity index (χ1) is 25.3. The Hall–Kier alpha value is -5.72. The van der Waals surface area contributed by atoms with Gasteiger partial charge in [0, 0.05) is 0 Å². The van der Waals surface area contributed by atoms with Gasteiger partial charge in [-0.05, 0) is 76.6 Å². The predicted molar refractivity (Wildman–Crippen MR) is 230 cm³/mol. The lowest BCUT2D eigenvalue weighted by atomic mass is 10.0. The molecule has 0 amide bonds. The zero-order chi connectivity index (χ0) is 37.2. The van der Waals surface area contributed by atoms with Crippen molar-refractivity contribution in [2.24, 2.45) is 0 Å². The highest BCUT2D eigenvalue weighted by Gasteiger charge is 1.97. The number of rotatable bonds is 5. The first kappa shape index (κ1) is 40.7. The molecule has 0 atom stereocenters. The third-order valence-electron chi connectivity index (χ3n) is 8.11. The van der Waals surface area contributed by atoms with Crippen molar-refractivity contribution >= 4 is 12.2 Å². The van der Waals surface area contributed by atoms with Crippen molar-refractivity contribution in [1.29, 1.82) is 0 Å². The van der Waals surface area contributed by atoms with E-state index in [-0.39, 0.29) is 0 Å². The summed E-state index contributed by atoms with van der Waals surface area (Å²) in [5.74, 6) is 0. The van der Waals surface area contributed by atoms with Gasteiger partial charge in [-0.1, -0.05) is 240 Å². The monoisotopic (exact) mass is 680 g/mol. The van der Waals surface area contributed by atoms with E-state index in [0.717, 1.165) is 12.8 Å². The molecule has 0 saturated carbocycles. The van der Waals surface area contributed by atoms with E-state index in [0.29, 0.717) is 0 Å². The summed E-state index contributed by atoms with van der Waals surface area (Å²) >= 11 is 0. The molecule has 0 heterocycles. The van der Waals surface area contributed by atoms with Crippen LogP contribution in [0.5, 0.6) is 0 Å². The molecule has 0 radical (unpaired) electrons. The molecule has 0 aliphatic rings. The van der Waals surface area contributed by atoms with Gasteiger partial charge in [0.15, 0.2) is 0 Å². The fraction of sp³-hybridized carbons (Fsp3) is 0.154. The average Bonchev–Trinajstić information content (AvgIpc) is 3.17. The predicted octanol–water partition coefficient (Wildman–Crippen LogP) is 14.2. The smallest absolute Gasteiger partial charge is 0.0238 e. The van der Waals surface area contributed by atoms with E-state index in [1.54, 1.807) is 0 Å². The Morgan fingerprint density at radius 2 is 0.462 bits per heavy atom. The number of aryl methyl sites for hydroxylation is 8. The van der Waals surface area contributed by atoms with Crippen LogP contribution in [0.1, 0.15) is 55.6 Å². The van der Waals surface area contributed by atoms with Gasteiger partial charge < -0.3 is 0 Å². The summed E-state index contributed by atoms with van der Waals surface area (Å²) in [5, 5.41) is 0. The highest BCUT2D eigenvalue weighted by atomic mass is 14.0. The van der Waals surface area contributed by atoms with Crippen molar-refractivity contribution < 1.29 is 0 Å². The molecule has 7 rings (SSSR count). The lowest BCUT2D eigenvalue weighted by molar-refractivity contribution is 0.959. The maximum Gasteiger partial charge on any atom is -0.0238 e. The van der Waals surface area contributed by atoms with Gasteiger partial charge in [-0.25, -0.2) is 0 Å². The second-order valence-electron chi connectivity index (χ2n) is 13.1. The van der Waals surface area contributed by atoms with Gasteiger partial charge in [0.25, 0.3) is 0 Å². The van der Waals surface area contributed by atoms with Crippen LogP contribution in [0.4, 0.5) is 0 Å². The zero-order valence-corrected chi connectivity index (χ0v) is 32.0. The summed E-state index contributed by atoms with van der Waals surface area (Å²) in [4.78, 5) is 0. The second kappa shape index (κ2) is 24.4. The molecule has 0 fully saturated rings. The SMILES string of the molecule is Cc1ccc(/C=C/c2ccc(CCc3ccc(C)cc3)cc2)cc1.Cc1ccccc1.Cc1ccccc1.Cc1ccccc1.Cc1ccccc1. The highest BCUT2D eigenvalue weighted by Crippen LogP contribution is 2.13. The first-order valence-corrected chi connectivity index (χ1v) is 18.2. The molecule has 0 heteroatoms. The van der Waals surface area contributed by atoms with Crippen LogP contribution in [0.2, 0.25) is 0 Å². The average molecular weight is 681 g/mol. The van der Waals surface area contributed by atoms with Crippen LogP contribution in [-0.4, -0.2) is 0 Å². The largest absolute Gasteiger partial charge is 0.0622 e. The van der Waals surface area contributed by atoms with Crippen LogP contribution in [0.25, 0.3) is 12.2 Å². The van der Waals surface area contributed by atoms with Gasteiger partial charge in [0.1, 0.15) is 0 Å². The third kappa shape index (κ3) is 18.9. The zero-order valence-electron chi connectivity index (χ0n) is 32.0. The molecule has 0 aliphatic heterocycles. The molecular weight excluding hydrogens is 625 g/mol. The number of benzene rings is 7. The van der Waals surface area contributed by atoms with Crippen molar-refractivity contribution in [3.8, 4) is 0 Å². The third-order valence-corrected chi connectivity index (χ3v) is 8.11. The first-order valence-electron chi connectivity index (χ1n) is 18.2. The number of hydrogen-bond acceptors (Lipinski definition) is 0. The van der Waals surface area contributed by atoms with Crippen LogP contribution in [-0.2, 0) is 12.8 Å². The standard InChI is InChI=1S/C24H24.4C7H8/c1-19-3-7-21(8-4-19)11-13-23-15-17-24(18-16-23)14-12-22-9-5-20(2)6-10-22;4*1-7-5-3-2-4-6-7/h3-11,13,15-18H,12,14H2,1-2H3;4*2-6H,1H3/b13-11+;;;;. The van der Waals surface area contributed by atoms with Gasteiger partial charge in [0.05, 0.1) is 0 Å². The van der Waals surface area contributed by atoms with Crippen LogP contribution in [0.3, 0.4) is 0 Å². The van der Waals surface area contributed by atoms with Gasteiger partial charge in [-0.3, -0.25) is 0 Å². The van der Waals surface area contributed by atoms with Crippen molar-refractivity contribution in [2.45, 2.75) is 54.4 Å². The summed E-state index contributed by atoms with van der Waals surface area (Å²) in [6.07, 6.45) is 6.53. The lowest BCUT2D eigenvalue weighted by Crippen LogP contribution is -1.91. The van der Waals surface area contributed by atoms with Gasteiger partial charge >= 0.3 is 0 Å². The van der Waals surface area contributed by atoms with Crippen LogP contribution >= 0.6 is 0 Å². The Morgan fingerprint density at radius 1 is 0.250 bits per heavy atom. The molecule has 0 nitrogen and oxygen atoms in total. The Kier molecular flexibility index (Phi) is 19.1. The van der Waals surface area contributed by atoms with E-state index in [9.17, 15) is 0 Å². The molecular formula is C52H56. The summed E-state index contributed by atoms with van der Waals surface area (Å²) in [6, 6.07) is 67.4. The summed E-state index contributed by atoms with van der Waals surface area (Å²) in [6.45, 7) is 12.6. The van der Waals surface area contributed by atoms with Crippen LogP contribution in [0.15, 0.2) is 194 Å². The Bertz CT molecular complexity index is 1750. The van der Waals surface area contributed by atoms with Gasteiger partial charge in [-0.2, -0.15) is 0 Å². The molecule has 52 heavy (non-hydrogen) atoms. The van der Waals surface area contributed by atoms with E-state index in [1.165, 1.54) is 55.6 Å². The van der Waals surface area contributed by atoms with Crippen molar-refractivity contribution in [3.63, 3.8) is 0 Å². The second-order valence-corrected chi connectivity index (χ2v) is 13.1. The van der Waals surface area contributed by atoms with E-state index in [1.807, 2.05) is 72.8 Å². The van der Waals surface area contributed by atoms with E-state index in [2.05, 4.69) is 175 Å². The quantitative estimate of drug-likeness (QED) is 0.159. The maximum absolute atomic E-state index is 2.24. The molecule has 0 aromatic heterocycles. The fourth-order valence-corrected chi connectivity index (χ4v) is 4.85. The minimum Gasteiger partial charge on any atom is -0.0622 e. The molecule has 0 N–H and O–H groups in total. The van der Waals surface area contributed by atoms with Crippen LogP contribution in [0, 0.1) is 41.5 Å². The normalized spacial score (nSPS) is 9.81. The molecule has 0 unspecified atom stereocenters. The Balaban J connectivity index is 0.000000209. The lowest BCUT2D eigenvalue weighted by Gasteiger charge is -2.04. The van der Waals surface area contributed by atoms with E-state index >= 15 is 0 Å². The summed E-state index contributed by atoms with van der Waals surface area (Å²) < 4.78 is 0. The van der Waals surface area contributed by atoms with Crippen molar-refractivity contribution in [2.75, 3.05) is 0 Å². The van der Waals surface area contributed by atoms with E-state index < -0.39 is 0 Å². The van der Waals surface area contributed by atoms with Crippen molar-refractivity contribution in [3.05, 3.63) is 250 Å². The van der Waals surface area contributed by atoms with Gasteiger partial charge in [-0.15, -0.1) is 0 Å². The van der Waals surface area contributed by atoms with Gasteiger partial charge in [0.2, 0.25) is 0 Å². The number of hydrogen-bond donors (Lipinski definition) is 0. The molecule has 264 valence electrons. The van der Waals surface area contributed by atoms with Crippen LogP contribution < -0.4 is 0 Å². The van der Waals surface area contributed by atoms with Crippen molar-refractivity contribution in [1.82, 2.24) is 0 Å². The fourth-order valence-electron chi connectivity index (χ4n) is 4.85. The highest BCUT2D eigenvalue weighted by molar-refractivity contribution is 5.69. The Labute approximate surface area is 315 Å². The molecule has 7 aromatic carbocycles. The minimum atomic E-state index is 1.09. The summed E-state index contributed by atoms with van der Waals surface area (Å²) in [5.41, 5.74) is 13.2.